The summed E-state index contributed by atoms with van der Waals surface area (Å²) in [5, 5.41) is 3.39. The van der Waals surface area contributed by atoms with Crippen molar-refractivity contribution in [1.82, 2.24) is 5.32 Å². The molecule has 0 aliphatic heterocycles. The summed E-state index contributed by atoms with van der Waals surface area (Å²) in [5.74, 6) is 1.97. The highest BCUT2D eigenvalue weighted by molar-refractivity contribution is 5.29. The lowest BCUT2D eigenvalue weighted by Crippen LogP contribution is -2.18. The molecule has 2 aromatic rings. The van der Waals surface area contributed by atoms with Crippen LogP contribution in [0.3, 0.4) is 0 Å². The molecule has 0 aromatic heterocycles. The van der Waals surface area contributed by atoms with Crippen LogP contribution < -0.4 is 10.1 Å². The predicted octanol–water partition coefficient (Wildman–Crippen LogP) is 5.53. The highest BCUT2D eigenvalue weighted by Gasteiger charge is 2.12. The highest BCUT2D eigenvalue weighted by atomic mass is 19.1. The van der Waals surface area contributed by atoms with E-state index in [4.69, 9.17) is 4.74 Å². The molecule has 1 atom stereocenters. The van der Waals surface area contributed by atoms with Crippen molar-refractivity contribution < 1.29 is 9.13 Å². The van der Waals surface area contributed by atoms with Crippen LogP contribution in [0.5, 0.6) is 5.75 Å². The molecule has 0 amide bonds. The molecule has 2 aromatic carbocycles. The third-order valence-electron chi connectivity index (χ3n) is 4.62. The summed E-state index contributed by atoms with van der Waals surface area (Å²) in [5.41, 5.74) is 2.08. The third kappa shape index (κ3) is 6.50. The summed E-state index contributed by atoms with van der Waals surface area (Å²) in [4.78, 5) is 0. The lowest BCUT2D eigenvalue weighted by atomic mass is 9.88. The van der Waals surface area contributed by atoms with Crippen molar-refractivity contribution >= 4 is 0 Å². The van der Waals surface area contributed by atoms with Gasteiger partial charge in [-0.1, -0.05) is 50.6 Å². The molecule has 0 aliphatic carbocycles. The smallest absolute Gasteiger partial charge is 0.127 e. The number of ether oxygens (including phenoxy) is 1. The molecule has 25 heavy (non-hydrogen) atoms. The summed E-state index contributed by atoms with van der Waals surface area (Å²) in [6, 6.07) is 15.4. The summed E-state index contributed by atoms with van der Waals surface area (Å²) in [6.45, 7) is 5.98. The van der Waals surface area contributed by atoms with Crippen molar-refractivity contribution in [3.63, 3.8) is 0 Å². The van der Waals surface area contributed by atoms with Crippen molar-refractivity contribution in [3.05, 3.63) is 65.5 Å². The third-order valence-corrected chi connectivity index (χ3v) is 4.62. The first-order valence-electron chi connectivity index (χ1n) is 9.18. The number of hydrogen-bond acceptors (Lipinski definition) is 2. The zero-order chi connectivity index (χ0) is 18.1. The van der Waals surface area contributed by atoms with Crippen molar-refractivity contribution in [1.29, 1.82) is 0 Å². The Labute approximate surface area is 151 Å². The van der Waals surface area contributed by atoms with Gasteiger partial charge in [-0.25, -0.2) is 4.39 Å². The van der Waals surface area contributed by atoms with E-state index in [1.165, 1.54) is 24.5 Å². The molecule has 1 N–H and O–H groups in total. The van der Waals surface area contributed by atoms with Gasteiger partial charge in [0.15, 0.2) is 0 Å². The Hall–Kier alpha value is -1.87. The van der Waals surface area contributed by atoms with Gasteiger partial charge in [0.2, 0.25) is 0 Å². The Morgan fingerprint density at radius 3 is 2.32 bits per heavy atom. The Morgan fingerprint density at radius 2 is 1.68 bits per heavy atom. The lowest BCUT2D eigenvalue weighted by Gasteiger charge is -2.19. The first kappa shape index (κ1) is 19.5. The fourth-order valence-corrected chi connectivity index (χ4v) is 3.03. The van der Waals surface area contributed by atoms with Gasteiger partial charge in [-0.2, -0.15) is 0 Å². The quantitative estimate of drug-likeness (QED) is 0.572. The second-order valence-corrected chi connectivity index (χ2v) is 7.00. The molecule has 0 bridgehead atoms. The SMILES string of the molecule is COc1ccc(C(CCNCc2ccccc2F)CCC(C)C)cc1. The van der Waals surface area contributed by atoms with Crippen LogP contribution in [-0.4, -0.2) is 13.7 Å². The van der Waals surface area contributed by atoms with Gasteiger partial charge in [-0.05, 0) is 55.0 Å². The Balaban J connectivity index is 1.90. The predicted molar refractivity (Wildman–Crippen MR) is 103 cm³/mol. The van der Waals surface area contributed by atoms with E-state index in [1.807, 2.05) is 24.3 Å². The molecule has 0 radical (unpaired) electrons. The van der Waals surface area contributed by atoms with E-state index in [0.29, 0.717) is 18.4 Å². The van der Waals surface area contributed by atoms with Crippen molar-refractivity contribution in [2.24, 2.45) is 5.92 Å². The van der Waals surface area contributed by atoms with E-state index >= 15 is 0 Å². The molecule has 3 heteroatoms. The first-order chi connectivity index (χ1) is 12.1. The second-order valence-electron chi connectivity index (χ2n) is 7.00. The standard InChI is InChI=1S/C22H30FNO/c1-17(2)8-9-19(18-10-12-21(25-3)13-11-18)14-15-24-16-20-6-4-5-7-22(20)23/h4-7,10-13,17,19,24H,8-9,14-16H2,1-3H3. The average Bonchev–Trinajstić information content (AvgIpc) is 2.62. The topological polar surface area (TPSA) is 21.3 Å². The maximum Gasteiger partial charge on any atom is 0.127 e. The Morgan fingerprint density at radius 1 is 0.960 bits per heavy atom. The average molecular weight is 343 g/mol. The fourth-order valence-electron chi connectivity index (χ4n) is 3.03. The first-order valence-corrected chi connectivity index (χ1v) is 9.18. The van der Waals surface area contributed by atoms with Crippen LogP contribution in [0.2, 0.25) is 0 Å². The molecule has 136 valence electrons. The van der Waals surface area contributed by atoms with Gasteiger partial charge in [-0.3, -0.25) is 0 Å². The monoisotopic (exact) mass is 343 g/mol. The summed E-state index contributed by atoms with van der Waals surface area (Å²) in [7, 11) is 1.69. The molecule has 0 spiro atoms. The van der Waals surface area contributed by atoms with Crippen LogP contribution in [0, 0.1) is 11.7 Å². The van der Waals surface area contributed by atoms with Gasteiger partial charge >= 0.3 is 0 Å². The minimum Gasteiger partial charge on any atom is -0.497 e. The summed E-state index contributed by atoms with van der Waals surface area (Å²) in [6.07, 6.45) is 3.43. The number of halogens is 1. The molecule has 1 unspecified atom stereocenters. The lowest BCUT2D eigenvalue weighted by molar-refractivity contribution is 0.414. The van der Waals surface area contributed by atoms with Gasteiger partial charge < -0.3 is 10.1 Å². The molecule has 0 saturated heterocycles. The zero-order valence-corrected chi connectivity index (χ0v) is 15.6. The summed E-state index contributed by atoms with van der Waals surface area (Å²) >= 11 is 0. The zero-order valence-electron chi connectivity index (χ0n) is 15.6. The molecule has 2 nitrogen and oxygen atoms in total. The highest BCUT2D eigenvalue weighted by Crippen LogP contribution is 2.28. The van der Waals surface area contributed by atoms with Crippen molar-refractivity contribution in [2.45, 2.75) is 45.6 Å². The molecule has 2 rings (SSSR count). The van der Waals surface area contributed by atoms with Gasteiger partial charge in [0.05, 0.1) is 7.11 Å². The van der Waals surface area contributed by atoms with Gasteiger partial charge in [0.25, 0.3) is 0 Å². The molecule has 0 fully saturated rings. The minimum absolute atomic E-state index is 0.137. The van der Waals surface area contributed by atoms with E-state index in [2.05, 4.69) is 31.3 Å². The van der Waals surface area contributed by atoms with Crippen LogP contribution >= 0.6 is 0 Å². The van der Waals surface area contributed by atoms with E-state index < -0.39 is 0 Å². The second kappa shape index (κ2) is 10.2. The van der Waals surface area contributed by atoms with Gasteiger partial charge in [-0.15, -0.1) is 0 Å². The van der Waals surface area contributed by atoms with E-state index in [9.17, 15) is 4.39 Å². The number of hydrogen-bond donors (Lipinski definition) is 1. The van der Waals surface area contributed by atoms with Gasteiger partial charge in [0.1, 0.15) is 11.6 Å². The summed E-state index contributed by atoms with van der Waals surface area (Å²) < 4.78 is 18.9. The number of nitrogens with one attached hydrogen (secondary N) is 1. The van der Waals surface area contributed by atoms with E-state index in [-0.39, 0.29) is 5.82 Å². The van der Waals surface area contributed by atoms with Crippen LogP contribution in [-0.2, 0) is 6.54 Å². The van der Waals surface area contributed by atoms with Crippen LogP contribution in [0.1, 0.15) is 50.2 Å². The van der Waals surface area contributed by atoms with Crippen LogP contribution in [0.15, 0.2) is 48.5 Å². The molecular weight excluding hydrogens is 313 g/mol. The molecular formula is C22H30FNO. The minimum atomic E-state index is -0.137. The maximum absolute atomic E-state index is 13.7. The normalized spacial score (nSPS) is 12.4. The maximum atomic E-state index is 13.7. The largest absolute Gasteiger partial charge is 0.497 e. The number of methoxy groups -OCH3 is 1. The van der Waals surface area contributed by atoms with E-state index in [0.717, 1.165) is 24.3 Å². The van der Waals surface area contributed by atoms with Crippen molar-refractivity contribution in [2.75, 3.05) is 13.7 Å². The fraction of sp³-hybridized carbons (Fsp3) is 0.455. The van der Waals surface area contributed by atoms with Crippen molar-refractivity contribution in [3.8, 4) is 5.75 Å². The van der Waals surface area contributed by atoms with Crippen LogP contribution in [0.25, 0.3) is 0 Å². The molecule has 0 heterocycles. The van der Waals surface area contributed by atoms with E-state index in [1.54, 1.807) is 13.2 Å². The number of rotatable bonds is 10. The molecule has 0 saturated carbocycles. The molecule has 0 aliphatic rings. The Kier molecular flexibility index (Phi) is 7.93. The number of benzene rings is 2. The van der Waals surface area contributed by atoms with Gasteiger partial charge in [0, 0.05) is 12.1 Å². The van der Waals surface area contributed by atoms with Crippen LogP contribution in [0.4, 0.5) is 4.39 Å². The Bertz CT molecular complexity index is 624.